The van der Waals surface area contributed by atoms with Crippen LogP contribution in [0.4, 0.5) is 10.5 Å². The maximum absolute atomic E-state index is 13.2. The number of likely N-dealkylation sites (N-methyl/N-ethyl adjacent to an activating group) is 1. The first-order valence-electron chi connectivity index (χ1n) is 10.9. The Kier molecular flexibility index (Phi) is 8.96. The van der Waals surface area contributed by atoms with Gasteiger partial charge in [-0.05, 0) is 32.9 Å². The Morgan fingerprint density at radius 2 is 1.91 bits per heavy atom. The number of nitrogens with zero attached hydrogens (tertiary/aromatic N) is 2. The average molecular weight is 485 g/mol. The van der Waals surface area contributed by atoms with E-state index in [1.807, 2.05) is 27.7 Å². The summed E-state index contributed by atoms with van der Waals surface area (Å²) < 4.78 is 37.4. The third-order valence-electron chi connectivity index (χ3n) is 5.42. The van der Waals surface area contributed by atoms with E-state index in [0.717, 1.165) is 6.26 Å². The van der Waals surface area contributed by atoms with Crippen LogP contribution in [0.5, 0.6) is 5.75 Å². The molecule has 33 heavy (non-hydrogen) atoms. The molecule has 0 aliphatic carbocycles. The number of carbonyl (C=O) groups is 2. The molecule has 1 aromatic rings. The Morgan fingerprint density at radius 3 is 2.48 bits per heavy atom. The van der Waals surface area contributed by atoms with Crippen LogP contribution >= 0.6 is 0 Å². The number of anilines is 1. The molecule has 1 aromatic carbocycles. The minimum absolute atomic E-state index is 0.0327. The molecule has 1 aliphatic rings. The summed E-state index contributed by atoms with van der Waals surface area (Å²) in [6.07, 6.45) is 0.751. The van der Waals surface area contributed by atoms with Gasteiger partial charge in [0.25, 0.3) is 5.91 Å². The summed E-state index contributed by atoms with van der Waals surface area (Å²) in [7, 11) is -0.243. The van der Waals surface area contributed by atoms with E-state index in [1.54, 1.807) is 24.0 Å². The van der Waals surface area contributed by atoms with Crippen molar-refractivity contribution in [2.24, 2.45) is 5.92 Å². The van der Waals surface area contributed by atoms with E-state index in [0.29, 0.717) is 18.7 Å². The lowest BCUT2D eigenvalue weighted by Gasteiger charge is -2.36. The molecular formula is C22H36N4O6S. The molecule has 0 aromatic heterocycles. The normalized spacial score (nSPS) is 22.7. The van der Waals surface area contributed by atoms with Crippen molar-refractivity contribution in [1.29, 1.82) is 0 Å². The summed E-state index contributed by atoms with van der Waals surface area (Å²) in [4.78, 5) is 29.3. The number of rotatable bonds is 4. The van der Waals surface area contributed by atoms with Gasteiger partial charge in [-0.3, -0.25) is 9.52 Å². The topological polar surface area (TPSA) is 117 Å². The lowest BCUT2D eigenvalue weighted by Crippen LogP contribution is -2.52. The van der Waals surface area contributed by atoms with Crippen LogP contribution in [0.3, 0.4) is 0 Å². The summed E-state index contributed by atoms with van der Waals surface area (Å²) in [5, 5.41) is 2.93. The van der Waals surface area contributed by atoms with E-state index < -0.39 is 10.0 Å². The number of fused-ring (bicyclic) bond motifs is 1. The number of urea groups is 1. The van der Waals surface area contributed by atoms with Gasteiger partial charge in [-0.15, -0.1) is 0 Å². The first-order chi connectivity index (χ1) is 15.3. The number of hydrogen-bond acceptors (Lipinski definition) is 6. The Hall–Kier alpha value is -2.53. The van der Waals surface area contributed by atoms with Crippen LogP contribution in [0.1, 0.15) is 38.1 Å². The molecule has 10 nitrogen and oxygen atoms in total. The molecule has 3 amide bonds. The number of nitrogens with one attached hydrogen (secondary N) is 2. The minimum atomic E-state index is -3.51. The number of carbonyl (C=O) groups excluding carboxylic acids is 2. The molecule has 3 atom stereocenters. The van der Waals surface area contributed by atoms with Crippen LogP contribution in [-0.2, 0) is 14.8 Å². The van der Waals surface area contributed by atoms with E-state index in [2.05, 4.69) is 10.0 Å². The molecule has 1 aliphatic heterocycles. The first-order valence-corrected chi connectivity index (χ1v) is 12.8. The van der Waals surface area contributed by atoms with E-state index in [4.69, 9.17) is 9.47 Å². The van der Waals surface area contributed by atoms with Crippen molar-refractivity contribution in [3.8, 4) is 5.75 Å². The predicted molar refractivity (Wildman–Crippen MR) is 127 cm³/mol. The largest absolute Gasteiger partial charge is 0.491 e. The van der Waals surface area contributed by atoms with E-state index >= 15 is 0 Å². The number of sulfonamides is 1. The zero-order chi connectivity index (χ0) is 24.9. The second kappa shape index (κ2) is 11.1. The van der Waals surface area contributed by atoms with Crippen LogP contribution < -0.4 is 14.8 Å². The average Bonchev–Trinajstić information content (AvgIpc) is 2.70. The zero-order valence-corrected chi connectivity index (χ0v) is 21.2. The molecule has 0 radical (unpaired) electrons. The van der Waals surface area contributed by atoms with Crippen LogP contribution in [0.25, 0.3) is 0 Å². The van der Waals surface area contributed by atoms with Gasteiger partial charge in [0.2, 0.25) is 10.0 Å². The van der Waals surface area contributed by atoms with Gasteiger partial charge in [-0.25, -0.2) is 13.2 Å². The highest BCUT2D eigenvalue weighted by Crippen LogP contribution is 2.27. The predicted octanol–water partition coefficient (Wildman–Crippen LogP) is 1.98. The van der Waals surface area contributed by atoms with Crippen molar-refractivity contribution in [2.75, 3.05) is 44.8 Å². The number of ether oxygens (including phenoxy) is 2. The van der Waals surface area contributed by atoms with Crippen molar-refractivity contribution in [2.45, 2.75) is 45.9 Å². The standard InChI is InChI=1S/C22H36N4O6S/c1-14(2)23-22(28)26-11-15(3)20(31-6)12-25(5)21(27)18-9-8-17(24-33(7,29)30)10-19(18)32-13-16(26)4/h8-10,14-16,20,24H,11-13H2,1-7H3,(H,23,28)/t15-,16+,20-/m1/s1. The van der Waals surface area contributed by atoms with E-state index in [9.17, 15) is 18.0 Å². The molecule has 0 saturated carbocycles. The van der Waals surface area contributed by atoms with E-state index in [1.165, 1.54) is 18.2 Å². The Balaban J connectivity index is 2.47. The monoisotopic (exact) mass is 484 g/mol. The van der Waals surface area contributed by atoms with Crippen LogP contribution in [0.15, 0.2) is 18.2 Å². The van der Waals surface area contributed by atoms with Crippen molar-refractivity contribution in [1.82, 2.24) is 15.1 Å². The van der Waals surface area contributed by atoms with Crippen molar-refractivity contribution < 1.29 is 27.5 Å². The van der Waals surface area contributed by atoms with Gasteiger partial charge >= 0.3 is 6.03 Å². The fourth-order valence-corrected chi connectivity index (χ4v) is 4.22. The van der Waals surface area contributed by atoms with Gasteiger partial charge in [0.05, 0.1) is 29.7 Å². The van der Waals surface area contributed by atoms with Crippen LogP contribution in [-0.4, -0.2) is 88.5 Å². The molecular weight excluding hydrogens is 448 g/mol. The van der Waals surface area contributed by atoms with Crippen LogP contribution in [0, 0.1) is 5.92 Å². The minimum Gasteiger partial charge on any atom is -0.491 e. The van der Waals surface area contributed by atoms with E-state index in [-0.39, 0.29) is 54.1 Å². The van der Waals surface area contributed by atoms with Crippen molar-refractivity contribution in [3.05, 3.63) is 23.8 Å². The Morgan fingerprint density at radius 1 is 1.24 bits per heavy atom. The molecule has 186 valence electrons. The maximum atomic E-state index is 13.2. The molecule has 0 bridgehead atoms. The molecule has 0 saturated heterocycles. The quantitative estimate of drug-likeness (QED) is 0.675. The van der Waals surface area contributed by atoms with Crippen LogP contribution in [0.2, 0.25) is 0 Å². The smallest absolute Gasteiger partial charge is 0.317 e. The lowest BCUT2D eigenvalue weighted by molar-refractivity contribution is 0.0165. The Bertz CT molecular complexity index is 952. The molecule has 2 N–H and O–H groups in total. The summed E-state index contributed by atoms with van der Waals surface area (Å²) in [6, 6.07) is 3.97. The lowest BCUT2D eigenvalue weighted by atomic mass is 10.0. The second-order valence-electron chi connectivity index (χ2n) is 8.94. The van der Waals surface area contributed by atoms with Gasteiger partial charge < -0.3 is 24.6 Å². The van der Waals surface area contributed by atoms with Crippen molar-refractivity contribution >= 4 is 27.6 Å². The first kappa shape index (κ1) is 26.7. The SMILES string of the molecule is CO[C@@H]1CN(C)C(=O)c2ccc(NS(C)(=O)=O)cc2OC[C@H](C)N(C(=O)NC(C)C)C[C@H]1C. The highest BCUT2D eigenvalue weighted by Gasteiger charge is 2.30. The molecule has 0 fully saturated rings. The third kappa shape index (κ3) is 7.50. The molecule has 11 heteroatoms. The zero-order valence-electron chi connectivity index (χ0n) is 20.4. The highest BCUT2D eigenvalue weighted by atomic mass is 32.2. The fourth-order valence-electron chi connectivity index (χ4n) is 3.66. The van der Waals surface area contributed by atoms with Gasteiger partial charge in [-0.1, -0.05) is 6.92 Å². The third-order valence-corrected chi connectivity index (χ3v) is 6.03. The molecule has 0 spiro atoms. The summed E-state index contributed by atoms with van der Waals surface area (Å²) >= 11 is 0. The highest BCUT2D eigenvalue weighted by molar-refractivity contribution is 7.92. The van der Waals surface area contributed by atoms with Gasteiger partial charge in [0.1, 0.15) is 12.4 Å². The Labute approximate surface area is 196 Å². The van der Waals surface area contributed by atoms with Crippen molar-refractivity contribution in [3.63, 3.8) is 0 Å². The molecule has 2 rings (SSSR count). The van der Waals surface area contributed by atoms with Gasteiger partial charge in [0, 0.05) is 45.3 Å². The molecule has 1 heterocycles. The fraction of sp³-hybridized carbons (Fsp3) is 0.636. The number of benzene rings is 1. The summed E-state index contributed by atoms with van der Waals surface area (Å²) in [6.45, 7) is 8.47. The van der Waals surface area contributed by atoms with Gasteiger partial charge in [0.15, 0.2) is 0 Å². The number of amides is 3. The number of hydrogen-bond donors (Lipinski definition) is 2. The second-order valence-corrected chi connectivity index (χ2v) is 10.7. The van der Waals surface area contributed by atoms with Gasteiger partial charge in [-0.2, -0.15) is 0 Å². The number of methoxy groups -OCH3 is 1. The molecule has 0 unspecified atom stereocenters. The summed E-state index contributed by atoms with van der Waals surface area (Å²) in [5.74, 6) is -0.0854. The summed E-state index contributed by atoms with van der Waals surface area (Å²) in [5.41, 5.74) is 0.578. The maximum Gasteiger partial charge on any atom is 0.317 e.